The molecule has 4 aromatic rings. The zero-order valence-corrected chi connectivity index (χ0v) is 17.3. The second kappa shape index (κ2) is 8.46. The summed E-state index contributed by atoms with van der Waals surface area (Å²) in [5.41, 5.74) is 2.67. The minimum absolute atomic E-state index is 0.0555. The van der Waals surface area contributed by atoms with Crippen LogP contribution in [0.4, 0.5) is 5.69 Å². The number of carbonyl (C=O) groups is 2. The molecule has 8 heteroatoms. The summed E-state index contributed by atoms with van der Waals surface area (Å²) in [6.07, 6.45) is 3.18. The maximum atomic E-state index is 13.3. The third-order valence-electron chi connectivity index (χ3n) is 4.60. The van der Waals surface area contributed by atoms with Crippen molar-refractivity contribution in [3.63, 3.8) is 0 Å². The summed E-state index contributed by atoms with van der Waals surface area (Å²) in [7, 11) is 1.81. The first kappa shape index (κ1) is 19.8. The predicted molar refractivity (Wildman–Crippen MR) is 116 cm³/mol. The molecule has 1 atom stereocenters. The number of anilines is 1. The van der Waals surface area contributed by atoms with Crippen molar-refractivity contribution >= 4 is 40.2 Å². The van der Waals surface area contributed by atoms with Gasteiger partial charge in [0.1, 0.15) is 16.6 Å². The highest BCUT2D eigenvalue weighted by Crippen LogP contribution is 2.37. The molecule has 7 nitrogen and oxygen atoms in total. The number of nitrogens with one attached hydrogen (secondary N) is 1. The Morgan fingerprint density at radius 1 is 1.07 bits per heavy atom. The van der Waals surface area contributed by atoms with Crippen LogP contribution in [0.15, 0.2) is 72.1 Å². The molecule has 2 aromatic heterocycles. The van der Waals surface area contributed by atoms with Crippen LogP contribution in [0.25, 0.3) is 11.0 Å². The number of ketones is 1. The third kappa shape index (κ3) is 4.08. The molecule has 0 spiro atoms. The monoisotopic (exact) mass is 417 g/mol. The first-order chi connectivity index (χ1) is 14.5. The Balaban J connectivity index is 1.67. The summed E-state index contributed by atoms with van der Waals surface area (Å²) in [5.74, 6) is -0.261. The summed E-state index contributed by atoms with van der Waals surface area (Å²) >= 11 is 1.34. The second-order valence-electron chi connectivity index (χ2n) is 6.72. The average molecular weight is 417 g/mol. The van der Waals surface area contributed by atoms with E-state index in [0.717, 1.165) is 10.9 Å². The number of hydrogen-bond donors (Lipinski definition) is 1. The van der Waals surface area contributed by atoms with Gasteiger partial charge in [0.2, 0.25) is 5.91 Å². The number of Topliss-reactive ketones (excluding diaryl/α,β-unsaturated/α-hetero) is 1. The van der Waals surface area contributed by atoms with Crippen LogP contribution in [-0.4, -0.2) is 31.4 Å². The molecule has 0 saturated carbocycles. The minimum atomic E-state index is -0.550. The van der Waals surface area contributed by atoms with Gasteiger partial charge in [-0.15, -0.1) is 0 Å². The Morgan fingerprint density at radius 2 is 1.87 bits per heavy atom. The van der Waals surface area contributed by atoms with Crippen LogP contribution in [0.1, 0.15) is 28.1 Å². The van der Waals surface area contributed by atoms with Crippen molar-refractivity contribution < 1.29 is 9.59 Å². The summed E-state index contributed by atoms with van der Waals surface area (Å²) in [4.78, 5) is 33.6. The Morgan fingerprint density at radius 3 is 2.63 bits per heavy atom. The lowest BCUT2D eigenvalue weighted by Crippen LogP contribution is -2.19. The normalized spacial score (nSPS) is 11.9. The van der Waals surface area contributed by atoms with Crippen molar-refractivity contribution in [2.24, 2.45) is 7.05 Å². The van der Waals surface area contributed by atoms with E-state index in [1.165, 1.54) is 25.0 Å². The Bertz CT molecular complexity index is 1220. The van der Waals surface area contributed by atoms with Gasteiger partial charge in [-0.1, -0.05) is 54.2 Å². The highest BCUT2D eigenvalue weighted by molar-refractivity contribution is 8.00. The molecular weight excluding hydrogens is 398 g/mol. The van der Waals surface area contributed by atoms with Gasteiger partial charge in [-0.2, -0.15) is 5.10 Å². The highest BCUT2D eigenvalue weighted by Gasteiger charge is 2.24. The molecule has 1 N–H and O–H groups in total. The number of aryl methyl sites for hydroxylation is 1. The molecule has 1 amide bonds. The number of carbonyl (C=O) groups excluding carboxylic acids is 2. The molecule has 0 saturated heterocycles. The maximum Gasteiger partial charge on any atom is 0.242 e. The van der Waals surface area contributed by atoms with Crippen LogP contribution < -0.4 is 5.32 Å². The van der Waals surface area contributed by atoms with E-state index in [2.05, 4.69) is 20.4 Å². The summed E-state index contributed by atoms with van der Waals surface area (Å²) < 4.78 is 1.67. The lowest BCUT2D eigenvalue weighted by Gasteiger charge is -2.17. The van der Waals surface area contributed by atoms with Gasteiger partial charge >= 0.3 is 0 Å². The topological polar surface area (TPSA) is 89.8 Å². The Labute approximate surface area is 177 Å². The molecule has 0 aliphatic carbocycles. The number of fused-ring (bicyclic) bond motifs is 1. The van der Waals surface area contributed by atoms with E-state index in [1.807, 2.05) is 37.4 Å². The van der Waals surface area contributed by atoms with E-state index in [9.17, 15) is 9.59 Å². The van der Waals surface area contributed by atoms with Crippen molar-refractivity contribution in [3.05, 3.63) is 78.2 Å². The van der Waals surface area contributed by atoms with Gasteiger partial charge in [0.25, 0.3) is 0 Å². The van der Waals surface area contributed by atoms with Gasteiger partial charge in [0.05, 0.1) is 11.6 Å². The quantitative estimate of drug-likeness (QED) is 0.289. The molecule has 0 radical (unpaired) electrons. The van der Waals surface area contributed by atoms with E-state index in [4.69, 9.17) is 0 Å². The fraction of sp³-hybridized carbons (Fsp3) is 0.136. The molecular formula is C22H19N5O2S. The van der Waals surface area contributed by atoms with Crippen molar-refractivity contribution in [1.82, 2.24) is 19.7 Å². The van der Waals surface area contributed by atoms with E-state index in [-0.39, 0.29) is 11.7 Å². The molecule has 0 fully saturated rings. The Hall–Kier alpha value is -3.52. The minimum Gasteiger partial charge on any atom is -0.325 e. The van der Waals surface area contributed by atoms with E-state index < -0.39 is 5.25 Å². The number of benzene rings is 2. The van der Waals surface area contributed by atoms with Crippen LogP contribution >= 0.6 is 11.8 Å². The predicted octanol–water partition coefficient (Wildman–Crippen LogP) is 4.04. The number of aromatic nitrogens is 4. The maximum absolute atomic E-state index is 13.3. The molecule has 0 aliphatic rings. The summed E-state index contributed by atoms with van der Waals surface area (Å²) in [6.45, 7) is 1.50. The van der Waals surface area contributed by atoms with Gasteiger partial charge in [0.15, 0.2) is 11.4 Å². The van der Waals surface area contributed by atoms with Crippen LogP contribution in [0, 0.1) is 0 Å². The number of thioether (sulfide) groups is 1. The second-order valence-corrected chi connectivity index (χ2v) is 7.81. The molecule has 2 heterocycles. The lowest BCUT2D eigenvalue weighted by atomic mass is 10.1. The lowest BCUT2D eigenvalue weighted by molar-refractivity contribution is -0.115. The van der Waals surface area contributed by atoms with Crippen molar-refractivity contribution in [1.29, 1.82) is 0 Å². The largest absolute Gasteiger partial charge is 0.325 e. The number of hydrogen-bond acceptors (Lipinski definition) is 6. The van der Waals surface area contributed by atoms with Crippen LogP contribution in [0.2, 0.25) is 0 Å². The van der Waals surface area contributed by atoms with Crippen LogP contribution in [0.5, 0.6) is 0 Å². The Kier molecular flexibility index (Phi) is 5.58. The zero-order chi connectivity index (χ0) is 21.1. The van der Waals surface area contributed by atoms with Gasteiger partial charge in [0, 0.05) is 18.3 Å². The van der Waals surface area contributed by atoms with Gasteiger partial charge in [-0.3, -0.25) is 14.3 Å². The molecule has 1 unspecified atom stereocenters. The fourth-order valence-corrected chi connectivity index (χ4v) is 4.13. The SMILES string of the molecule is CC(=O)c1cccc(NC(=O)C(Sc2ncnc3c2cnn3C)c2ccccc2)c1. The van der Waals surface area contributed by atoms with E-state index >= 15 is 0 Å². The van der Waals surface area contributed by atoms with Crippen molar-refractivity contribution in [2.75, 3.05) is 5.32 Å². The summed E-state index contributed by atoms with van der Waals surface area (Å²) in [5, 5.41) is 8.09. The van der Waals surface area contributed by atoms with Gasteiger partial charge < -0.3 is 5.32 Å². The number of nitrogens with zero attached hydrogens (tertiary/aromatic N) is 4. The molecule has 30 heavy (non-hydrogen) atoms. The molecule has 4 rings (SSSR count). The van der Waals surface area contributed by atoms with Gasteiger partial charge in [-0.25, -0.2) is 9.97 Å². The molecule has 0 bridgehead atoms. The zero-order valence-electron chi connectivity index (χ0n) is 16.4. The number of rotatable bonds is 6. The van der Waals surface area contributed by atoms with E-state index in [0.29, 0.717) is 21.9 Å². The third-order valence-corrected chi connectivity index (χ3v) is 5.87. The molecule has 0 aliphatic heterocycles. The average Bonchev–Trinajstić information content (AvgIpc) is 3.14. The van der Waals surface area contributed by atoms with Crippen molar-refractivity contribution in [2.45, 2.75) is 17.2 Å². The van der Waals surface area contributed by atoms with Crippen LogP contribution in [0.3, 0.4) is 0 Å². The fourth-order valence-electron chi connectivity index (χ4n) is 3.07. The molecule has 150 valence electrons. The van der Waals surface area contributed by atoms with E-state index in [1.54, 1.807) is 35.1 Å². The smallest absolute Gasteiger partial charge is 0.242 e. The standard InChI is InChI=1S/C22H19N5O2S/c1-14(28)16-9-6-10-17(11-16)26-21(29)19(15-7-4-3-5-8-15)30-22-18-12-25-27(2)20(18)23-13-24-22/h3-13,19H,1-2H3,(H,26,29). The van der Waals surface area contributed by atoms with Crippen LogP contribution in [-0.2, 0) is 11.8 Å². The summed E-state index contributed by atoms with van der Waals surface area (Å²) in [6, 6.07) is 16.4. The number of amides is 1. The first-order valence-electron chi connectivity index (χ1n) is 9.29. The highest BCUT2D eigenvalue weighted by atomic mass is 32.2. The van der Waals surface area contributed by atoms with Crippen molar-refractivity contribution in [3.8, 4) is 0 Å². The first-order valence-corrected chi connectivity index (χ1v) is 10.2. The molecule has 2 aromatic carbocycles. The van der Waals surface area contributed by atoms with Gasteiger partial charge in [-0.05, 0) is 24.6 Å².